The van der Waals surface area contributed by atoms with Crippen LogP contribution in [0.1, 0.15) is 19.8 Å². The van der Waals surface area contributed by atoms with Crippen molar-refractivity contribution in [3.63, 3.8) is 0 Å². The number of rotatable bonds is 7. The molecular weight excluding hydrogens is 414 g/mol. The van der Waals surface area contributed by atoms with Gasteiger partial charge in [0.05, 0.1) is 25.1 Å². The molecule has 10 heteroatoms. The Bertz CT molecular complexity index is 946. The summed E-state index contributed by atoms with van der Waals surface area (Å²) >= 11 is 1.58. The van der Waals surface area contributed by atoms with Gasteiger partial charge in [0.2, 0.25) is 10.1 Å². The van der Waals surface area contributed by atoms with Gasteiger partial charge in [-0.05, 0) is 37.8 Å². The molecule has 1 N–H and O–H groups in total. The van der Waals surface area contributed by atoms with Crippen molar-refractivity contribution in [2.24, 2.45) is 5.92 Å². The monoisotopic (exact) mass is 443 g/mol. The van der Waals surface area contributed by atoms with Gasteiger partial charge in [0.1, 0.15) is 5.82 Å². The number of imidazole rings is 1. The van der Waals surface area contributed by atoms with E-state index >= 15 is 0 Å². The molecule has 3 aromatic heterocycles. The molecule has 0 amide bonds. The third-order valence-corrected chi connectivity index (χ3v) is 6.74. The van der Waals surface area contributed by atoms with Crippen LogP contribution < -0.4 is 10.3 Å². The van der Waals surface area contributed by atoms with Crippen LogP contribution in [0.2, 0.25) is 0 Å². The molecule has 0 aromatic carbocycles. The molecule has 0 radical (unpaired) electrons. The minimum atomic E-state index is 0.658. The minimum absolute atomic E-state index is 0.658. The number of aromatic nitrogens is 4. The topological polar surface area (TPSA) is 80.0 Å². The highest BCUT2D eigenvalue weighted by atomic mass is 32.1. The normalized spacial score (nSPS) is 18.5. The van der Waals surface area contributed by atoms with E-state index in [9.17, 15) is 0 Å². The van der Waals surface area contributed by atoms with Crippen molar-refractivity contribution in [3.8, 4) is 11.3 Å². The number of fused-ring (bicyclic) bond motifs is 1. The first kappa shape index (κ1) is 20.6. The molecule has 3 aromatic rings. The quantitative estimate of drug-likeness (QED) is 0.597. The van der Waals surface area contributed by atoms with Gasteiger partial charge in [-0.15, -0.1) is 5.10 Å². The first-order valence-electron chi connectivity index (χ1n) is 11.0. The zero-order chi connectivity index (χ0) is 21.0. The van der Waals surface area contributed by atoms with Crippen molar-refractivity contribution in [1.29, 1.82) is 0 Å². The molecule has 0 aliphatic carbocycles. The van der Waals surface area contributed by atoms with E-state index in [1.165, 1.54) is 0 Å². The highest BCUT2D eigenvalue weighted by molar-refractivity contribution is 7.20. The van der Waals surface area contributed by atoms with E-state index in [0.717, 1.165) is 92.6 Å². The average Bonchev–Trinajstić information content (AvgIpc) is 3.39. The number of anilines is 2. The lowest BCUT2D eigenvalue weighted by Crippen LogP contribution is -2.49. The molecule has 9 nitrogen and oxygen atoms in total. The molecule has 0 atom stereocenters. The maximum absolute atomic E-state index is 5.47. The molecule has 2 fully saturated rings. The summed E-state index contributed by atoms with van der Waals surface area (Å²) in [6.45, 7) is 9.01. The number of morpholine rings is 1. The van der Waals surface area contributed by atoms with Crippen molar-refractivity contribution >= 4 is 27.2 Å². The van der Waals surface area contributed by atoms with Gasteiger partial charge in [0.15, 0.2) is 0 Å². The molecule has 0 spiro atoms. The van der Waals surface area contributed by atoms with Crippen LogP contribution in [0.15, 0.2) is 24.5 Å². The van der Waals surface area contributed by atoms with Crippen molar-refractivity contribution in [2.75, 3.05) is 62.9 Å². The minimum Gasteiger partial charge on any atom is -0.381 e. The Hall–Kier alpha value is -2.27. The number of pyridine rings is 1. The van der Waals surface area contributed by atoms with Gasteiger partial charge in [-0.1, -0.05) is 11.3 Å². The summed E-state index contributed by atoms with van der Waals surface area (Å²) < 4.78 is 12.8. The third kappa shape index (κ3) is 4.67. The smallest absolute Gasteiger partial charge is 0.214 e. The summed E-state index contributed by atoms with van der Waals surface area (Å²) in [5.41, 5.74) is 1.89. The first-order chi connectivity index (χ1) is 15.3. The van der Waals surface area contributed by atoms with Crippen molar-refractivity contribution in [1.82, 2.24) is 24.6 Å². The molecule has 0 unspecified atom stereocenters. The zero-order valence-corrected chi connectivity index (χ0v) is 18.7. The zero-order valence-electron chi connectivity index (χ0n) is 17.9. The van der Waals surface area contributed by atoms with Gasteiger partial charge in [-0.3, -0.25) is 5.01 Å². The maximum Gasteiger partial charge on any atom is 0.214 e. The SMILES string of the molecule is CCN(c1ccc(-c2cn3nc(NCC4CCOCC4)sc3n2)cn1)N1CCOCC1. The second kappa shape index (κ2) is 9.47. The van der Waals surface area contributed by atoms with E-state index in [4.69, 9.17) is 19.4 Å². The van der Waals surface area contributed by atoms with Gasteiger partial charge < -0.3 is 14.8 Å². The Morgan fingerprint density at radius 2 is 1.97 bits per heavy atom. The Kier molecular flexibility index (Phi) is 6.30. The number of nitrogens with zero attached hydrogens (tertiary/aromatic N) is 6. The Labute approximate surface area is 186 Å². The van der Waals surface area contributed by atoms with E-state index in [0.29, 0.717) is 5.92 Å². The predicted octanol–water partition coefficient (Wildman–Crippen LogP) is 2.76. The third-order valence-electron chi connectivity index (χ3n) is 5.86. The van der Waals surface area contributed by atoms with Gasteiger partial charge in [-0.25, -0.2) is 19.5 Å². The molecule has 2 saturated heterocycles. The second-order valence-electron chi connectivity index (χ2n) is 7.88. The lowest BCUT2D eigenvalue weighted by molar-refractivity contribution is 0.0318. The summed E-state index contributed by atoms with van der Waals surface area (Å²) in [5, 5.41) is 13.5. The fraction of sp³-hybridized carbons (Fsp3) is 0.571. The van der Waals surface area contributed by atoms with Crippen molar-refractivity contribution < 1.29 is 9.47 Å². The lowest BCUT2D eigenvalue weighted by Gasteiger charge is -2.37. The highest BCUT2D eigenvalue weighted by Crippen LogP contribution is 2.26. The van der Waals surface area contributed by atoms with E-state index in [-0.39, 0.29) is 0 Å². The number of hydrogen-bond donors (Lipinski definition) is 1. The van der Waals surface area contributed by atoms with Crippen LogP contribution in [0.5, 0.6) is 0 Å². The molecule has 5 rings (SSSR count). The summed E-state index contributed by atoms with van der Waals surface area (Å²) in [4.78, 5) is 10.4. The van der Waals surface area contributed by atoms with Gasteiger partial charge in [0, 0.05) is 51.2 Å². The number of hydrazine groups is 1. The molecule has 2 aliphatic heterocycles. The van der Waals surface area contributed by atoms with Crippen LogP contribution in [0.25, 0.3) is 16.2 Å². The summed E-state index contributed by atoms with van der Waals surface area (Å²) in [5.74, 6) is 1.61. The largest absolute Gasteiger partial charge is 0.381 e. The fourth-order valence-corrected chi connectivity index (χ4v) is 4.87. The summed E-state index contributed by atoms with van der Waals surface area (Å²) in [6, 6.07) is 4.15. The van der Waals surface area contributed by atoms with Crippen LogP contribution in [0, 0.1) is 5.92 Å². The molecule has 2 aliphatic rings. The Morgan fingerprint density at radius 3 is 2.68 bits per heavy atom. The molecule has 166 valence electrons. The van der Waals surface area contributed by atoms with Gasteiger partial charge in [-0.2, -0.15) is 0 Å². The fourth-order valence-electron chi connectivity index (χ4n) is 4.09. The highest BCUT2D eigenvalue weighted by Gasteiger charge is 2.19. The van der Waals surface area contributed by atoms with Crippen LogP contribution >= 0.6 is 11.3 Å². The molecule has 0 saturated carbocycles. The van der Waals surface area contributed by atoms with E-state index in [1.807, 2.05) is 16.9 Å². The van der Waals surface area contributed by atoms with Crippen LogP contribution in [-0.4, -0.2) is 77.2 Å². The molecule has 0 bridgehead atoms. The van der Waals surface area contributed by atoms with E-state index in [1.54, 1.807) is 11.3 Å². The van der Waals surface area contributed by atoms with E-state index < -0.39 is 0 Å². The number of nitrogens with one attached hydrogen (secondary N) is 1. The van der Waals surface area contributed by atoms with Gasteiger partial charge >= 0.3 is 0 Å². The van der Waals surface area contributed by atoms with E-state index in [2.05, 4.69) is 39.5 Å². The number of ether oxygens (including phenoxy) is 2. The maximum atomic E-state index is 5.47. The molecule has 5 heterocycles. The summed E-state index contributed by atoms with van der Waals surface area (Å²) in [6.07, 6.45) is 6.10. The van der Waals surface area contributed by atoms with Crippen LogP contribution in [0.3, 0.4) is 0 Å². The molecule has 31 heavy (non-hydrogen) atoms. The molecular formula is C21H29N7O2S. The lowest BCUT2D eigenvalue weighted by atomic mass is 10.0. The standard InChI is InChI=1S/C21H29N7O2S/c1-2-28(26-7-11-30-12-8-26)19-4-3-17(14-22-19)18-15-27-21(24-18)31-20(25-27)23-13-16-5-9-29-10-6-16/h3-4,14-16H,2,5-13H2,1H3,(H,23,25). The second-order valence-corrected chi connectivity index (χ2v) is 8.84. The average molecular weight is 444 g/mol. The Morgan fingerprint density at radius 1 is 1.16 bits per heavy atom. The van der Waals surface area contributed by atoms with Crippen molar-refractivity contribution in [3.05, 3.63) is 24.5 Å². The Balaban J connectivity index is 1.25. The predicted molar refractivity (Wildman–Crippen MR) is 122 cm³/mol. The van der Waals surface area contributed by atoms with Crippen molar-refractivity contribution in [2.45, 2.75) is 19.8 Å². The number of hydrogen-bond acceptors (Lipinski definition) is 9. The first-order valence-corrected chi connectivity index (χ1v) is 11.9. The van der Waals surface area contributed by atoms with Crippen LogP contribution in [-0.2, 0) is 9.47 Å². The summed E-state index contributed by atoms with van der Waals surface area (Å²) in [7, 11) is 0. The van der Waals surface area contributed by atoms with Crippen LogP contribution in [0.4, 0.5) is 10.9 Å². The van der Waals surface area contributed by atoms with Gasteiger partial charge in [0.25, 0.3) is 0 Å².